The van der Waals surface area contributed by atoms with Crippen LogP contribution in [0.2, 0.25) is 0 Å². The summed E-state index contributed by atoms with van der Waals surface area (Å²) in [5.74, 6) is 0.219. The molecule has 0 aliphatic carbocycles. The van der Waals surface area contributed by atoms with E-state index < -0.39 is 23.7 Å². The van der Waals surface area contributed by atoms with Crippen LogP contribution < -0.4 is 10.6 Å². The maximum Gasteiger partial charge on any atom is 0.258 e. The molecule has 7 rings (SSSR count). The molecule has 1 aromatic carbocycles. The van der Waals surface area contributed by atoms with Crippen LogP contribution in [-0.2, 0) is 38.6 Å². The third kappa shape index (κ3) is 8.06. The molecule has 2 N–H and O–H groups in total. The lowest BCUT2D eigenvalue weighted by molar-refractivity contribution is -0.137. The number of piperidine rings is 3. The Bertz CT molecular complexity index is 1810. The lowest BCUT2D eigenvalue weighted by Crippen LogP contribution is -2.52. The van der Waals surface area contributed by atoms with E-state index in [0.717, 1.165) is 67.4 Å². The first kappa shape index (κ1) is 35.7. The Hall–Kier alpha value is -3.66. The van der Waals surface area contributed by atoms with Gasteiger partial charge in [0.2, 0.25) is 23.6 Å². The molecule has 1 atom stereocenters. The van der Waals surface area contributed by atoms with E-state index in [2.05, 4.69) is 51.2 Å². The first-order valence-corrected chi connectivity index (χ1v) is 19.5. The fourth-order valence-electron chi connectivity index (χ4n) is 7.49. The zero-order valence-electron chi connectivity index (χ0n) is 29.2. The zero-order valence-corrected chi connectivity index (χ0v) is 30.8. The highest BCUT2D eigenvalue weighted by molar-refractivity contribution is 8.00. The number of anilines is 1. The Morgan fingerprint density at radius 1 is 1.06 bits per heavy atom. The number of nitrogens with one attached hydrogen (secondary N) is 2. The summed E-state index contributed by atoms with van der Waals surface area (Å²) in [6.07, 6.45) is 7.59. The molecule has 2 aromatic heterocycles. The van der Waals surface area contributed by atoms with E-state index in [1.165, 1.54) is 22.3 Å². The Labute approximate surface area is 304 Å². The molecule has 12 nitrogen and oxygen atoms in total. The molecule has 0 bridgehead atoms. The molecular weight excluding hydrogens is 694 g/mol. The maximum absolute atomic E-state index is 15.2. The summed E-state index contributed by atoms with van der Waals surface area (Å²) < 4.78 is 22.1. The van der Waals surface area contributed by atoms with Crippen LogP contribution >= 0.6 is 23.1 Å². The molecule has 3 aromatic rings. The summed E-state index contributed by atoms with van der Waals surface area (Å²) in [5, 5.41) is 5.94. The van der Waals surface area contributed by atoms with Crippen molar-refractivity contribution in [2.45, 2.75) is 99.8 Å². The van der Waals surface area contributed by atoms with E-state index in [1.54, 1.807) is 24.2 Å². The number of fused-ring (bicyclic) bond motifs is 1. The number of rotatable bonds is 9. The van der Waals surface area contributed by atoms with E-state index in [9.17, 15) is 19.2 Å². The largest absolute Gasteiger partial charge is 0.444 e. The van der Waals surface area contributed by atoms with Crippen molar-refractivity contribution in [3.63, 3.8) is 0 Å². The molecule has 272 valence electrons. The minimum absolute atomic E-state index is 0.0291. The van der Waals surface area contributed by atoms with Gasteiger partial charge >= 0.3 is 0 Å². The van der Waals surface area contributed by atoms with E-state index in [0.29, 0.717) is 34.9 Å². The van der Waals surface area contributed by atoms with Crippen molar-refractivity contribution in [1.82, 2.24) is 30.0 Å². The maximum atomic E-state index is 15.2. The van der Waals surface area contributed by atoms with Crippen LogP contribution in [0.25, 0.3) is 0 Å². The predicted molar refractivity (Wildman–Crippen MR) is 191 cm³/mol. The second-order valence-electron chi connectivity index (χ2n) is 15.0. The average molecular weight is 738 g/mol. The van der Waals surface area contributed by atoms with E-state index in [4.69, 9.17) is 4.42 Å². The highest BCUT2D eigenvalue weighted by Crippen LogP contribution is 2.34. The number of likely N-dealkylation sites (tertiary alicyclic amines) is 2. The molecule has 4 aliphatic rings. The number of amides is 4. The number of benzene rings is 1. The topological polar surface area (TPSA) is 141 Å². The summed E-state index contributed by atoms with van der Waals surface area (Å²) in [6, 6.07) is 3.01. The molecule has 51 heavy (non-hydrogen) atoms. The first-order valence-electron chi connectivity index (χ1n) is 17.7. The fourth-order valence-corrected chi connectivity index (χ4v) is 9.22. The van der Waals surface area contributed by atoms with Crippen molar-refractivity contribution in [2.24, 2.45) is 5.92 Å². The van der Waals surface area contributed by atoms with Gasteiger partial charge in [-0.3, -0.25) is 29.4 Å². The molecule has 0 radical (unpaired) electrons. The SMILES string of the molecule is CC(C)(C)c1cnc(CSc2cnc(NC(=O)C3CCN(C4CCN(Cc5cc(F)c6c(c5)CN(C5CCC(=O)NC5=O)C6=O)CC4)CC3)s2)o1. The number of carbonyl (C=O) groups is 4. The molecule has 3 saturated heterocycles. The number of thiazole rings is 1. The molecule has 0 spiro atoms. The molecule has 0 saturated carbocycles. The van der Waals surface area contributed by atoms with Gasteiger partial charge in [-0.15, -0.1) is 11.8 Å². The minimum atomic E-state index is -0.765. The van der Waals surface area contributed by atoms with Gasteiger partial charge in [-0.2, -0.15) is 0 Å². The lowest BCUT2D eigenvalue weighted by Gasteiger charge is -2.41. The van der Waals surface area contributed by atoms with Crippen LogP contribution in [0.5, 0.6) is 0 Å². The number of hydrogen-bond acceptors (Lipinski definition) is 11. The quantitative estimate of drug-likeness (QED) is 0.229. The number of oxazole rings is 1. The van der Waals surface area contributed by atoms with Crippen molar-refractivity contribution in [1.29, 1.82) is 0 Å². The number of nitrogens with zero attached hydrogens (tertiary/aromatic N) is 5. The monoisotopic (exact) mass is 737 g/mol. The number of thioether (sulfide) groups is 1. The van der Waals surface area contributed by atoms with E-state index in [-0.39, 0.29) is 48.1 Å². The summed E-state index contributed by atoms with van der Waals surface area (Å²) in [7, 11) is 0. The Morgan fingerprint density at radius 3 is 2.53 bits per heavy atom. The third-order valence-corrected chi connectivity index (χ3v) is 12.5. The van der Waals surface area contributed by atoms with Crippen LogP contribution in [0.3, 0.4) is 0 Å². The van der Waals surface area contributed by atoms with Gasteiger partial charge < -0.3 is 19.5 Å². The average Bonchev–Trinajstić information content (AvgIpc) is 3.84. The molecule has 4 aliphatic heterocycles. The minimum Gasteiger partial charge on any atom is -0.444 e. The van der Waals surface area contributed by atoms with Gasteiger partial charge in [-0.25, -0.2) is 14.4 Å². The molecule has 15 heteroatoms. The van der Waals surface area contributed by atoms with Gasteiger partial charge in [0, 0.05) is 36.9 Å². The third-order valence-electron chi connectivity index (χ3n) is 10.4. The Balaban J connectivity index is 0.840. The van der Waals surface area contributed by atoms with Crippen molar-refractivity contribution >= 4 is 51.9 Å². The van der Waals surface area contributed by atoms with Gasteiger partial charge in [0.05, 0.1) is 27.9 Å². The standard InChI is InChI=1S/C36H44FN7O5S2/c1-36(2,3)27-16-38-29(49-27)20-50-30-17-39-35(51-30)41-32(46)22-6-12-43(13-7-22)24-8-10-42(11-9-24)18-21-14-23-19-44(34(48)31(23)25(37)15-21)26-4-5-28(45)40-33(26)47/h14-17,22,24,26H,4-13,18-20H2,1-3H3,(H,39,41,46)(H,40,45,47). The van der Waals surface area contributed by atoms with Crippen molar-refractivity contribution in [3.05, 3.63) is 58.7 Å². The Kier molecular flexibility index (Phi) is 10.3. The summed E-state index contributed by atoms with van der Waals surface area (Å²) >= 11 is 3.06. The summed E-state index contributed by atoms with van der Waals surface area (Å²) in [6.45, 7) is 10.5. The van der Waals surface area contributed by atoms with Crippen molar-refractivity contribution in [2.75, 3.05) is 31.5 Å². The van der Waals surface area contributed by atoms with Crippen LogP contribution in [-0.4, -0.2) is 86.6 Å². The molecule has 3 fully saturated rings. The second-order valence-corrected chi connectivity index (χ2v) is 17.3. The van der Waals surface area contributed by atoms with Gasteiger partial charge in [0.25, 0.3) is 5.91 Å². The highest BCUT2D eigenvalue weighted by Gasteiger charge is 2.41. The number of hydrogen-bond donors (Lipinski definition) is 2. The molecule has 6 heterocycles. The van der Waals surface area contributed by atoms with Crippen molar-refractivity contribution in [3.8, 4) is 0 Å². The fraction of sp³-hybridized carbons (Fsp3) is 0.556. The summed E-state index contributed by atoms with van der Waals surface area (Å²) in [5.41, 5.74) is 1.35. The number of imide groups is 1. The van der Waals surface area contributed by atoms with Gasteiger partial charge in [-0.1, -0.05) is 38.2 Å². The van der Waals surface area contributed by atoms with Crippen LogP contribution in [0, 0.1) is 11.7 Å². The van der Waals surface area contributed by atoms with Gasteiger partial charge in [0.15, 0.2) is 5.13 Å². The molecular formula is C36H44FN7O5S2. The second kappa shape index (κ2) is 14.8. The van der Waals surface area contributed by atoms with Gasteiger partial charge in [-0.05, 0) is 75.5 Å². The van der Waals surface area contributed by atoms with Crippen LogP contribution in [0.4, 0.5) is 9.52 Å². The summed E-state index contributed by atoms with van der Waals surface area (Å²) in [4.78, 5) is 65.1. The normalized spacial score (nSPS) is 21.3. The van der Waals surface area contributed by atoms with Crippen molar-refractivity contribution < 1.29 is 28.0 Å². The Morgan fingerprint density at radius 2 is 1.82 bits per heavy atom. The predicted octanol–water partition coefficient (Wildman–Crippen LogP) is 4.94. The molecule has 4 amide bonds. The zero-order chi connectivity index (χ0) is 35.9. The lowest BCUT2D eigenvalue weighted by atomic mass is 9.92. The van der Waals surface area contributed by atoms with Crippen LogP contribution in [0.15, 0.2) is 33.2 Å². The first-order chi connectivity index (χ1) is 24.4. The number of aromatic nitrogens is 2. The van der Waals surface area contributed by atoms with E-state index >= 15 is 4.39 Å². The molecule has 1 unspecified atom stereocenters. The number of halogens is 1. The van der Waals surface area contributed by atoms with Crippen LogP contribution in [0.1, 0.15) is 92.4 Å². The smallest absolute Gasteiger partial charge is 0.258 e. The highest BCUT2D eigenvalue weighted by atomic mass is 32.2. The van der Waals surface area contributed by atoms with E-state index in [1.807, 2.05) is 6.07 Å². The number of carbonyl (C=O) groups excluding carboxylic acids is 4. The van der Waals surface area contributed by atoms with Gasteiger partial charge in [0.1, 0.15) is 17.6 Å².